The molecule has 0 saturated heterocycles. The molecule has 0 radical (unpaired) electrons. The molecule has 0 unspecified atom stereocenters. The van der Waals surface area contributed by atoms with E-state index in [1.807, 2.05) is 23.6 Å². The Balaban J connectivity index is 0.000000208. The summed E-state index contributed by atoms with van der Waals surface area (Å²) in [4.78, 5) is 33.0. The van der Waals surface area contributed by atoms with Gasteiger partial charge in [-0.2, -0.15) is 13.2 Å². The molecule has 2 aromatic heterocycles. The van der Waals surface area contributed by atoms with E-state index in [1.165, 1.54) is 61.2 Å². The number of halogens is 8. The summed E-state index contributed by atoms with van der Waals surface area (Å²) < 4.78 is 51.5. The van der Waals surface area contributed by atoms with E-state index in [9.17, 15) is 27.9 Å². The van der Waals surface area contributed by atoms with Crippen molar-refractivity contribution in [2.45, 2.75) is 6.18 Å². The maximum absolute atomic E-state index is 13.7. The average molecular weight is 967 g/mol. The average Bonchev–Trinajstić information content (AvgIpc) is 3.91. The Kier molecular flexibility index (Phi) is 13.5. The molecule has 0 aliphatic carbocycles. The molecule has 7 nitrogen and oxygen atoms in total. The largest absolute Gasteiger partial charge is 0.497 e. The van der Waals surface area contributed by atoms with Crippen LogP contribution in [0.5, 0.6) is 5.75 Å². The second-order valence-electron chi connectivity index (χ2n) is 12.0. The van der Waals surface area contributed by atoms with Crippen LogP contribution in [0.4, 0.5) is 13.2 Å². The van der Waals surface area contributed by atoms with Crippen molar-refractivity contribution < 1.29 is 37.3 Å². The molecular formula is C41H24BrCl4F3N2O5S2. The SMILES string of the molecule is COC(=O)c1cc(-c2nc(-c3ccc(Cl)c(Cl)c3)cs2)ccc1Br.COc1ccc(-c2ccc(-c3nc(-c4ccc(Cl)c(Cl)c4)cs3)cc2C(=O)O)c(C(F)(F)F)c1. The number of nitrogens with zero attached hydrogens (tertiary/aromatic N) is 2. The van der Waals surface area contributed by atoms with Gasteiger partial charge in [-0.3, -0.25) is 0 Å². The van der Waals surface area contributed by atoms with Crippen molar-refractivity contribution in [1.82, 2.24) is 9.97 Å². The molecule has 0 fully saturated rings. The van der Waals surface area contributed by atoms with E-state index < -0.39 is 23.7 Å². The molecule has 0 atom stereocenters. The van der Waals surface area contributed by atoms with Crippen LogP contribution in [0.2, 0.25) is 20.1 Å². The van der Waals surface area contributed by atoms with Crippen LogP contribution in [0.25, 0.3) is 54.8 Å². The number of aromatic carboxylic acids is 1. The highest BCUT2D eigenvalue weighted by Crippen LogP contribution is 2.42. The minimum Gasteiger partial charge on any atom is -0.497 e. The number of carboxylic acids is 1. The van der Waals surface area contributed by atoms with E-state index in [0.717, 1.165) is 33.5 Å². The van der Waals surface area contributed by atoms with E-state index in [4.69, 9.17) is 55.9 Å². The number of carbonyl (C=O) groups excluding carboxylic acids is 1. The fourth-order valence-corrected chi connectivity index (χ4v) is 8.18. The summed E-state index contributed by atoms with van der Waals surface area (Å²) in [5, 5.41) is 16.6. The van der Waals surface area contributed by atoms with Crippen LogP contribution in [-0.2, 0) is 10.9 Å². The molecule has 0 spiro atoms. The Morgan fingerprint density at radius 1 is 0.655 bits per heavy atom. The minimum absolute atomic E-state index is 0.0159. The third-order valence-electron chi connectivity index (χ3n) is 8.38. The Bertz CT molecular complexity index is 2690. The fraction of sp³-hybridized carbons (Fsp3) is 0.0732. The van der Waals surface area contributed by atoms with E-state index in [1.54, 1.807) is 47.8 Å². The first-order valence-electron chi connectivity index (χ1n) is 16.4. The second kappa shape index (κ2) is 18.2. The first kappa shape index (κ1) is 43.1. The molecule has 0 aliphatic heterocycles. The highest BCUT2D eigenvalue weighted by Gasteiger charge is 2.35. The zero-order valence-corrected chi connectivity index (χ0v) is 35.9. The normalized spacial score (nSPS) is 11.1. The number of carbonyl (C=O) groups is 2. The lowest BCUT2D eigenvalue weighted by Gasteiger charge is -2.16. The molecule has 0 saturated carbocycles. The van der Waals surface area contributed by atoms with Gasteiger partial charge in [0.15, 0.2) is 0 Å². The van der Waals surface area contributed by atoms with Crippen molar-refractivity contribution in [1.29, 1.82) is 0 Å². The highest BCUT2D eigenvalue weighted by atomic mass is 79.9. The number of hydrogen-bond donors (Lipinski definition) is 1. The maximum atomic E-state index is 13.7. The lowest BCUT2D eigenvalue weighted by atomic mass is 9.93. The number of benzene rings is 5. The quantitative estimate of drug-likeness (QED) is 0.151. The second-order valence-corrected chi connectivity index (χ2v) is 16.2. The summed E-state index contributed by atoms with van der Waals surface area (Å²) in [5.74, 6) is -1.74. The van der Waals surface area contributed by atoms with Gasteiger partial charge in [0.25, 0.3) is 0 Å². The van der Waals surface area contributed by atoms with Gasteiger partial charge in [0, 0.05) is 37.5 Å². The van der Waals surface area contributed by atoms with Crippen LogP contribution in [0.15, 0.2) is 106 Å². The van der Waals surface area contributed by atoms with Gasteiger partial charge >= 0.3 is 18.1 Å². The molecule has 0 bridgehead atoms. The van der Waals surface area contributed by atoms with Crippen molar-refractivity contribution in [3.63, 3.8) is 0 Å². The fourth-order valence-electron chi connectivity index (χ4n) is 5.52. The maximum Gasteiger partial charge on any atom is 0.417 e. The summed E-state index contributed by atoms with van der Waals surface area (Å²) in [5.41, 5.74) is 3.19. The number of esters is 1. The van der Waals surface area contributed by atoms with Crippen LogP contribution in [0.3, 0.4) is 0 Å². The molecule has 0 aliphatic rings. The molecule has 0 amide bonds. The van der Waals surface area contributed by atoms with Gasteiger partial charge in [0.2, 0.25) is 0 Å². The molecule has 2 heterocycles. The van der Waals surface area contributed by atoms with E-state index >= 15 is 0 Å². The Hall–Kier alpha value is -4.47. The number of carboxylic acid groups (broad SMARTS) is 1. The smallest absolute Gasteiger partial charge is 0.417 e. The summed E-state index contributed by atoms with van der Waals surface area (Å²) in [6.45, 7) is 0. The number of methoxy groups -OCH3 is 2. The van der Waals surface area contributed by atoms with Gasteiger partial charge in [-0.05, 0) is 81.7 Å². The van der Waals surface area contributed by atoms with Gasteiger partial charge in [-0.15, -0.1) is 22.7 Å². The Morgan fingerprint density at radius 2 is 1.16 bits per heavy atom. The molecule has 17 heteroatoms. The molecule has 296 valence electrons. The zero-order chi connectivity index (χ0) is 41.9. The zero-order valence-electron chi connectivity index (χ0n) is 29.6. The number of hydrogen-bond acceptors (Lipinski definition) is 8. The van der Waals surface area contributed by atoms with Gasteiger partial charge in [-0.1, -0.05) is 82.8 Å². The molecule has 5 aromatic carbocycles. The third-order valence-corrected chi connectivity index (χ3v) is 12.3. The van der Waals surface area contributed by atoms with E-state index in [-0.39, 0.29) is 22.4 Å². The standard InChI is InChI=1S/C24H14Cl2F3NO3S.C17H10BrCl2NO2S/c1-33-14-4-6-16(18(10-14)24(27,28)29)15-5-2-13(8-17(15)23(31)32)22-30-21(11-34-22)12-3-7-19(25)20(26)9-12;1-23-17(22)11-6-10(2-4-12(11)18)16-21-15(8-24-16)9-3-5-13(19)14(20)7-9/h2-11H,1H3,(H,31,32);2-8H,1H3. The molecule has 58 heavy (non-hydrogen) atoms. The van der Waals surface area contributed by atoms with Crippen molar-refractivity contribution in [3.05, 3.63) is 143 Å². The van der Waals surface area contributed by atoms with Crippen LogP contribution in [0, 0.1) is 0 Å². The van der Waals surface area contributed by atoms with Gasteiger partial charge in [0.1, 0.15) is 15.8 Å². The first-order chi connectivity index (χ1) is 27.6. The monoisotopic (exact) mass is 964 g/mol. The van der Waals surface area contributed by atoms with Crippen LogP contribution in [-0.4, -0.2) is 41.2 Å². The van der Waals surface area contributed by atoms with Crippen LogP contribution >= 0.6 is 85.0 Å². The Labute approximate surface area is 365 Å². The van der Waals surface area contributed by atoms with Gasteiger partial charge in [0.05, 0.1) is 62.4 Å². The summed E-state index contributed by atoms with van der Waals surface area (Å²) in [6.07, 6.45) is -4.71. The van der Waals surface area contributed by atoms with Crippen molar-refractivity contribution in [3.8, 4) is 60.5 Å². The van der Waals surface area contributed by atoms with Crippen molar-refractivity contribution in [2.75, 3.05) is 14.2 Å². The number of rotatable bonds is 8. The minimum atomic E-state index is -4.71. The molecular weight excluding hydrogens is 943 g/mol. The molecule has 7 aromatic rings. The first-order valence-corrected chi connectivity index (χ1v) is 20.5. The highest BCUT2D eigenvalue weighted by molar-refractivity contribution is 9.10. The Morgan fingerprint density at radius 3 is 1.64 bits per heavy atom. The lowest BCUT2D eigenvalue weighted by molar-refractivity contribution is -0.137. The van der Waals surface area contributed by atoms with Crippen molar-refractivity contribution >= 4 is 96.9 Å². The third kappa shape index (κ3) is 9.69. The lowest BCUT2D eigenvalue weighted by Crippen LogP contribution is -2.09. The molecule has 7 rings (SSSR count). The number of aromatic nitrogens is 2. The summed E-state index contributed by atoms with van der Waals surface area (Å²) >= 11 is 30.1. The van der Waals surface area contributed by atoms with E-state index in [0.29, 0.717) is 46.4 Å². The predicted molar refractivity (Wildman–Crippen MR) is 229 cm³/mol. The summed E-state index contributed by atoms with van der Waals surface area (Å²) in [7, 11) is 2.61. The van der Waals surface area contributed by atoms with E-state index in [2.05, 4.69) is 25.9 Å². The topological polar surface area (TPSA) is 98.6 Å². The van der Waals surface area contributed by atoms with Crippen molar-refractivity contribution in [2.24, 2.45) is 0 Å². The number of alkyl halides is 3. The molecule has 1 N–H and O–H groups in total. The number of ether oxygens (including phenoxy) is 2. The van der Waals surface area contributed by atoms with Crippen LogP contribution in [0.1, 0.15) is 26.3 Å². The van der Waals surface area contributed by atoms with Gasteiger partial charge < -0.3 is 14.6 Å². The number of thiazole rings is 2. The van der Waals surface area contributed by atoms with Crippen LogP contribution < -0.4 is 4.74 Å². The predicted octanol–water partition coefficient (Wildman–Crippen LogP) is 14.5. The van der Waals surface area contributed by atoms with Gasteiger partial charge in [-0.25, -0.2) is 19.6 Å². The summed E-state index contributed by atoms with van der Waals surface area (Å²) in [6, 6.07) is 23.5.